The van der Waals surface area contributed by atoms with E-state index in [2.05, 4.69) is 5.32 Å². The van der Waals surface area contributed by atoms with Crippen molar-refractivity contribution in [1.82, 2.24) is 10.2 Å². The molecule has 0 radical (unpaired) electrons. The molecule has 1 N–H and O–H groups in total. The number of hydrogen-bond acceptors (Lipinski definition) is 5. The first-order chi connectivity index (χ1) is 17.1. The highest BCUT2D eigenvalue weighted by atomic mass is 16.6. The van der Waals surface area contributed by atoms with Gasteiger partial charge in [0.05, 0.1) is 26.2 Å². The standard InChI is InChI=1S/C28H36N2O5/c1-33-24-13-12-22(25(18-24)34-2)19-29-26(31)28(23-10-4-3-5-11-23)14-16-30(17-15-28)27(32)35-20-21-8-6-7-9-21/h3-5,10-13,18,21H,6-9,14-17,19-20H2,1-2H3,(H,29,31). The van der Waals surface area contributed by atoms with Gasteiger partial charge in [0.2, 0.25) is 5.91 Å². The maximum Gasteiger partial charge on any atom is 0.409 e. The summed E-state index contributed by atoms with van der Waals surface area (Å²) in [6.07, 6.45) is 5.56. The van der Waals surface area contributed by atoms with Crippen LogP contribution in [0.2, 0.25) is 0 Å². The van der Waals surface area contributed by atoms with Crippen LogP contribution < -0.4 is 14.8 Å². The van der Waals surface area contributed by atoms with E-state index in [1.54, 1.807) is 19.1 Å². The number of carbonyl (C=O) groups is 2. The van der Waals surface area contributed by atoms with E-state index in [1.807, 2.05) is 48.5 Å². The predicted molar refractivity (Wildman–Crippen MR) is 134 cm³/mol. The van der Waals surface area contributed by atoms with Crippen molar-refractivity contribution in [3.63, 3.8) is 0 Å². The van der Waals surface area contributed by atoms with Crippen LogP contribution in [-0.4, -0.2) is 50.8 Å². The summed E-state index contributed by atoms with van der Waals surface area (Å²) in [7, 11) is 3.21. The normalized spacial score (nSPS) is 17.6. The van der Waals surface area contributed by atoms with E-state index in [9.17, 15) is 9.59 Å². The second-order valence-electron chi connectivity index (χ2n) is 9.52. The Balaban J connectivity index is 1.43. The molecular formula is C28H36N2O5. The summed E-state index contributed by atoms with van der Waals surface area (Å²) in [4.78, 5) is 28.1. The maximum absolute atomic E-state index is 13.7. The monoisotopic (exact) mass is 480 g/mol. The molecule has 7 heteroatoms. The Morgan fingerprint density at radius 2 is 1.71 bits per heavy atom. The molecule has 1 aliphatic heterocycles. The molecule has 2 aliphatic rings. The number of methoxy groups -OCH3 is 2. The summed E-state index contributed by atoms with van der Waals surface area (Å²) >= 11 is 0. The third-order valence-corrected chi connectivity index (χ3v) is 7.49. The number of carbonyl (C=O) groups excluding carboxylic acids is 2. The SMILES string of the molecule is COc1ccc(CNC(=O)C2(c3ccccc3)CCN(C(=O)OCC3CCCC3)CC2)c(OC)c1. The van der Waals surface area contributed by atoms with E-state index in [-0.39, 0.29) is 12.0 Å². The van der Waals surface area contributed by atoms with Gasteiger partial charge in [-0.15, -0.1) is 0 Å². The van der Waals surface area contributed by atoms with Crippen molar-refractivity contribution >= 4 is 12.0 Å². The van der Waals surface area contributed by atoms with Gasteiger partial charge in [-0.2, -0.15) is 0 Å². The molecule has 1 saturated carbocycles. The Kier molecular flexibility index (Phi) is 8.16. The third-order valence-electron chi connectivity index (χ3n) is 7.49. The minimum atomic E-state index is -0.705. The highest BCUT2D eigenvalue weighted by molar-refractivity contribution is 5.88. The van der Waals surface area contributed by atoms with Crippen molar-refractivity contribution in [2.24, 2.45) is 5.92 Å². The van der Waals surface area contributed by atoms with Crippen LogP contribution in [0, 0.1) is 5.92 Å². The molecule has 1 heterocycles. The summed E-state index contributed by atoms with van der Waals surface area (Å²) in [5.41, 5.74) is 1.14. The number of rotatable bonds is 8. The summed E-state index contributed by atoms with van der Waals surface area (Å²) in [6, 6.07) is 15.4. The number of amides is 2. The zero-order valence-electron chi connectivity index (χ0n) is 20.8. The van der Waals surface area contributed by atoms with Gasteiger partial charge in [-0.05, 0) is 49.3 Å². The average molecular weight is 481 g/mol. The lowest BCUT2D eigenvalue weighted by Crippen LogP contribution is -2.52. The number of hydrogen-bond donors (Lipinski definition) is 1. The molecule has 188 valence electrons. The Hall–Kier alpha value is -3.22. The molecule has 0 unspecified atom stereocenters. The van der Waals surface area contributed by atoms with Crippen LogP contribution in [0.25, 0.3) is 0 Å². The number of benzene rings is 2. The van der Waals surface area contributed by atoms with Crippen molar-refractivity contribution in [2.45, 2.75) is 50.5 Å². The largest absolute Gasteiger partial charge is 0.497 e. The van der Waals surface area contributed by atoms with Gasteiger partial charge in [-0.25, -0.2) is 4.79 Å². The average Bonchev–Trinajstić information content (AvgIpc) is 3.44. The minimum absolute atomic E-state index is 0.0412. The molecule has 0 aromatic heterocycles. The molecule has 0 spiro atoms. The summed E-state index contributed by atoms with van der Waals surface area (Å²) < 4.78 is 16.4. The van der Waals surface area contributed by atoms with Crippen molar-refractivity contribution in [1.29, 1.82) is 0 Å². The van der Waals surface area contributed by atoms with Gasteiger partial charge in [-0.3, -0.25) is 4.79 Å². The Labute approximate surface area is 207 Å². The minimum Gasteiger partial charge on any atom is -0.497 e. The molecule has 35 heavy (non-hydrogen) atoms. The number of nitrogens with one attached hydrogen (secondary N) is 1. The second kappa shape index (κ2) is 11.5. The lowest BCUT2D eigenvalue weighted by molar-refractivity contribution is -0.128. The lowest BCUT2D eigenvalue weighted by atomic mass is 9.72. The van der Waals surface area contributed by atoms with E-state index >= 15 is 0 Å². The fourth-order valence-electron chi connectivity index (χ4n) is 5.28. The first-order valence-corrected chi connectivity index (χ1v) is 12.5. The van der Waals surface area contributed by atoms with E-state index in [0.29, 0.717) is 56.5 Å². The molecule has 2 amide bonds. The molecular weight excluding hydrogens is 444 g/mol. The molecule has 0 atom stereocenters. The fraction of sp³-hybridized carbons (Fsp3) is 0.500. The van der Waals surface area contributed by atoms with Crippen molar-refractivity contribution in [2.75, 3.05) is 33.9 Å². The van der Waals surface area contributed by atoms with E-state index in [1.165, 1.54) is 12.8 Å². The molecule has 7 nitrogen and oxygen atoms in total. The maximum atomic E-state index is 13.7. The topological polar surface area (TPSA) is 77.1 Å². The highest BCUT2D eigenvalue weighted by Crippen LogP contribution is 2.37. The van der Waals surface area contributed by atoms with Crippen molar-refractivity contribution in [3.8, 4) is 11.5 Å². The molecule has 2 aromatic carbocycles. The molecule has 2 fully saturated rings. The van der Waals surface area contributed by atoms with E-state index in [0.717, 1.165) is 24.0 Å². The summed E-state index contributed by atoms with van der Waals surface area (Å²) in [6.45, 7) is 1.81. The van der Waals surface area contributed by atoms with Crippen LogP contribution in [0.1, 0.15) is 49.7 Å². The molecule has 1 aliphatic carbocycles. The second-order valence-corrected chi connectivity index (χ2v) is 9.52. The van der Waals surface area contributed by atoms with Crippen LogP contribution >= 0.6 is 0 Å². The molecule has 2 aromatic rings. The Morgan fingerprint density at radius 3 is 2.37 bits per heavy atom. The van der Waals surface area contributed by atoms with Gasteiger partial charge in [0, 0.05) is 31.3 Å². The Morgan fingerprint density at radius 1 is 1.00 bits per heavy atom. The lowest BCUT2D eigenvalue weighted by Gasteiger charge is -2.40. The summed E-state index contributed by atoms with van der Waals surface area (Å²) in [5, 5.41) is 3.13. The van der Waals surface area contributed by atoms with Gasteiger partial charge < -0.3 is 24.4 Å². The van der Waals surface area contributed by atoms with Crippen LogP contribution in [0.3, 0.4) is 0 Å². The number of piperidine rings is 1. The highest BCUT2D eigenvalue weighted by Gasteiger charge is 2.44. The summed E-state index contributed by atoms with van der Waals surface area (Å²) in [5.74, 6) is 1.82. The first kappa shape index (κ1) is 24.9. The van der Waals surface area contributed by atoms with Gasteiger partial charge >= 0.3 is 6.09 Å². The van der Waals surface area contributed by atoms with Crippen molar-refractivity contribution in [3.05, 3.63) is 59.7 Å². The number of ether oxygens (including phenoxy) is 3. The van der Waals surface area contributed by atoms with Crippen LogP contribution in [0.4, 0.5) is 4.79 Å². The van der Waals surface area contributed by atoms with Crippen LogP contribution in [0.15, 0.2) is 48.5 Å². The van der Waals surface area contributed by atoms with Gasteiger partial charge in [0.1, 0.15) is 11.5 Å². The van der Waals surface area contributed by atoms with Gasteiger partial charge in [0.15, 0.2) is 0 Å². The zero-order chi connectivity index (χ0) is 24.7. The van der Waals surface area contributed by atoms with Gasteiger partial charge in [0.25, 0.3) is 0 Å². The number of likely N-dealkylation sites (tertiary alicyclic amines) is 1. The Bertz CT molecular complexity index is 996. The van der Waals surface area contributed by atoms with Gasteiger partial charge in [-0.1, -0.05) is 43.2 Å². The number of nitrogens with zero attached hydrogens (tertiary/aromatic N) is 1. The quantitative estimate of drug-likeness (QED) is 0.594. The first-order valence-electron chi connectivity index (χ1n) is 12.5. The predicted octanol–water partition coefficient (Wildman–Crippen LogP) is 4.68. The molecule has 0 bridgehead atoms. The third kappa shape index (κ3) is 5.72. The fourth-order valence-corrected chi connectivity index (χ4v) is 5.28. The molecule has 4 rings (SSSR count). The smallest absolute Gasteiger partial charge is 0.409 e. The van der Waals surface area contributed by atoms with Crippen molar-refractivity contribution < 1.29 is 23.8 Å². The van der Waals surface area contributed by atoms with Crippen LogP contribution in [0.5, 0.6) is 11.5 Å². The molecule has 1 saturated heterocycles. The van der Waals surface area contributed by atoms with E-state index in [4.69, 9.17) is 14.2 Å². The van der Waals surface area contributed by atoms with E-state index < -0.39 is 5.41 Å². The zero-order valence-corrected chi connectivity index (χ0v) is 20.8. The van der Waals surface area contributed by atoms with Crippen LogP contribution in [-0.2, 0) is 21.5 Å².